The molecule has 0 aromatic heterocycles. The van der Waals surface area contributed by atoms with E-state index >= 15 is 0 Å². The van der Waals surface area contributed by atoms with Gasteiger partial charge in [0.05, 0.1) is 12.2 Å². The van der Waals surface area contributed by atoms with Crippen LogP contribution >= 0.6 is 22.6 Å². The van der Waals surface area contributed by atoms with E-state index in [1.54, 1.807) is 0 Å². The van der Waals surface area contributed by atoms with Crippen molar-refractivity contribution in [3.8, 4) is 0 Å². The molecule has 0 unspecified atom stereocenters. The topological polar surface area (TPSA) is 41.6 Å². The van der Waals surface area contributed by atoms with Gasteiger partial charge in [0.2, 0.25) is 0 Å². The van der Waals surface area contributed by atoms with E-state index in [0.29, 0.717) is 12.0 Å². The maximum absolute atomic E-state index is 6.10. The van der Waals surface area contributed by atoms with E-state index in [9.17, 15) is 0 Å². The van der Waals surface area contributed by atoms with Crippen molar-refractivity contribution in [3.05, 3.63) is 27.3 Å². The van der Waals surface area contributed by atoms with Gasteiger partial charge in [0.25, 0.3) is 0 Å². The fourth-order valence-electron chi connectivity index (χ4n) is 2.81. The summed E-state index contributed by atoms with van der Waals surface area (Å²) in [5, 5.41) is 0. The Hall–Kier alpha value is -0.780. The molecule has 0 bridgehead atoms. The standard InChI is InChI=1S/C13H16IN3/c14-10-6-5-9-8-16-13(15)17(12(9)7-10)11-3-1-2-4-11/h5-7,11H,1-4,8H2,(H2,15,16). The lowest BCUT2D eigenvalue weighted by Gasteiger charge is -2.34. The fraction of sp³-hybridized carbons (Fsp3) is 0.462. The summed E-state index contributed by atoms with van der Waals surface area (Å²) in [6, 6.07) is 7.10. The summed E-state index contributed by atoms with van der Waals surface area (Å²) in [6.07, 6.45) is 5.10. The van der Waals surface area contributed by atoms with Crippen molar-refractivity contribution in [3.63, 3.8) is 0 Å². The van der Waals surface area contributed by atoms with Crippen LogP contribution in [0.3, 0.4) is 0 Å². The number of guanidine groups is 1. The molecule has 1 aliphatic carbocycles. The second kappa shape index (κ2) is 4.48. The second-order valence-corrected chi connectivity index (χ2v) is 6.00. The lowest BCUT2D eigenvalue weighted by Crippen LogP contribution is -2.46. The highest BCUT2D eigenvalue weighted by Gasteiger charge is 2.29. The van der Waals surface area contributed by atoms with Crippen molar-refractivity contribution in [1.29, 1.82) is 0 Å². The molecule has 1 aromatic carbocycles. The first-order valence-electron chi connectivity index (χ1n) is 6.13. The van der Waals surface area contributed by atoms with Crippen LogP contribution < -0.4 is 10.6 Å². The largest absolute Gasteiger partial charge is 0.369 e. The van der Waals surface area contributed by atoms with Crippen LogP contribution in [0, 0.1) is 3.57 Å². The number of hydrogen-bond acceptors (Lipinski definition) is 3. The predicted octanol–water partition coefficient (Wildman–Crippen LogP) is 2.87. The summed E-state index contributed by atoms with van der Waals surface area (Å²) < 4.78 is 1.26. The average molecular weight is 341 g/mol. The SMILES string of the molecule is NC1=NCc2ccc(I)cc2N1C1CCCC1. The zero-order chi connectivity index (χ0) is 11.8. The minimum Gasteiger partial charge on any atom is -0.369 e. The fourth-order valence-corrected chi connectivity index (χ4v) is 3.28. The molecular weight excluding hydrogens is 325 g/mol. The summed E-state index contributed by atoms with van der Waals surface area (Å²) in [6.45, 7) is 0.724. The first-order chi connectivity index (χ1) is 8.25. The van der Waals surface area contributed by atoms with E-state index in [1.165, 1.54) is 40.5 Å². The maximum Gasteiger partial charge on any atom is 0.196 e. The minimum absolute atomic E-state index is 0.552. The normalized spacial score (nSPS) is 20.3. The first-order valence-corrected chi connectivity index (χ1v) is 7.21. The Morgan fingerprint density at radius 3 is 2.82 bits per heavy atom. The third-order valence-corrected chi connectivity index (χ3v) is 4.33. The van der Waals surface area contributed by atoms with Crippen LogP contribution in [0.5, 0.6) is 0 Å². The molecule has 0 radical (unpaired) electrons. The summed E-state index contributed by atoms with van der Waals surface area (Å²) >= 11 is 2.36. The van der Waals surface area contributed by atoms with Gasteiger partial charge < -0.3 is 10.6 Å². The lowest BCUT2D eigenvalue weighted by atomic mass is 10.1. The van der Waals surface area contributed by atoms with Gasteiger partial charge in [0.15, 0.2) is 5.96 Å². The highest BCUT2D eigenvalue weighted by Crippen LogP contribution is 2.33. The van der Waals surface area contributed by atoms with Crippen LogP contribution in [0.1, 0.15) is 31.2 Å². The van der Waals surface area contributed by atoms with Crippen LogP contribution in [-0.2, 0) is 6.54 Å². The molecule has 1 saturated carbocycles. The Balaban J connectivity index is 2.03. The molecule has 0 amide bonds. The van der Waals surface area contributed by atoms with Crippen LogP contribution in [0.15, 0.2) is 23.2 Å². The molecule has 1 aromatic rings. The molecular formula is C13H16IN3. The Morgan fingerprint density at radius 2 is 2.06 bits per heavy atom. The molecule has 0 saturated heterocycles. The lowest BCUT2D eigenvalue weighted by molar-refractivity contribution is 0.676. The molecule has 0 atom stereocenters. The van der Waals surface area contributed by atoms with E-state index < -0.39 is 0 Å². The van der Waals surface area contributed by atoms with E-state index in [1.807, 2.05) is 0 Å². The highest BCUT2D eigenvalue weighted by molar-refractivity contribution is 14.1. The van der Waals surface area contributed by atoms with Gasteiger partial charge in [-0.25, -0.2) is 4.99 Å². The van der Waals surface area contributed by atoms with Crippen LogP contribution in [-0.4, -0.2) is 12.0 Å². The monoisotopic (exact) mass is 341 g/mol. The van der Waals surface area contributed by atoms with Crippen LogP contribution in [0.4, 0.5) is 5.69 Å². The summed E-state index contributed by atoms with van der Waals surface area (Å²) in [4.78, 5) is 6.70. The molecule has 3 rings (SSSR count). The van der Waals surface area contributed by atoms with E-state index in [0.717, 1.165) is 6.54 Å². The quantitative estimate of drug-likeness (QED) is 0.798. The molecule has 2 N–H and O–H groups in total. The maximum atomic E-state index is 6.10. The minimum atomic E-state index is 0.552. The van der Waals surface area contributed by atoms with Crippen LogP contribution in [0.25, 0.3) is 0 Å². The molecule has 3 nitrogen and oxygen atoms in total. The zero-order valence-corrected chi connectivity index (χ0v) is 11.9. The van der Waals surface area contributed by atoms with Crippen molar-refractivity contribution in [2.75, 3.05) is 4.90 Å². The average Bonchev–Trinajstić information content (AvgIpc) is 2.82. The number of hydrogen-bond donors (Lipinski definition) is 1. The van der Waals surface area contributed by atoms with Crippen molar-refractivity contribution >= 4 is 34.2 Å². The van der Waals surface area contributed by atoms with Crippen molar-refractivity contribution in [1.82, 2.24) is 0 Å². The first kappa shape index (κ1) is 11.3. The number of halogens is 1. The Kier molecular flexibility index (Phi) is 2.98. The molecule has 1 aliphatic heterocycles. The summed E-state index contributed by atoms with van der Waals surface area (Å²) in [5.41, 5.74) is 8.67. The number of rotatable bonds is 1. The van der Waals surface area contributed by atoms with Gasteiger partial charge in [-0.15, -0.1) is 0 Å². The molecule has 90 valence electrons. The van der Waals surface area contributed by atoms with Gasteiger partial charge >= 0.3 is 0 Å². The second-order valence-electron chi connectivity index (χ2n) is 4.76. The van der Waals surface area contributed by atoms with Gasteiger partial charge in [0.1, 0.15) is 0 Å². The van der Waals surface area contributed by atoms with Crippen LogP contribution in [0.2, 0.25) is 0 Å². The third kappa shape index (κ3) is 2.03. The number of fused-ring (bicyclic) bond motifs is 1. The molecule has 2 aliphatic rings. The van der Waals surface area contributed by atoms with E-state index in [-0.39, 0.29) is 0 Å². The Labute approximate surface area is 115 Å². The van der Waals surface area contributed by atoms with Gasteiger partial charge in [-0.3, -0.25) is 0 Å². The molecule has 17 heavy (non-hydrogen) atoms. The smallest absolute Gasteiger partial charge is 0.196 e. The van der Waals surface area contributed by atoms with Gasteiger partial charge in [0, 0.05) is 9.61 Å². The van der Waals surface area contributed by atoms with Crippen molar-refractivity contribution in [2.45, 2.75) is 38.3 Å². The summed E-state index contributed by atoms with van der Waals surface area (Å²) in [7, 11) is 0. The van der Waals surface area contributed by atoms with Gasteiger partial charge in [-0.1, -0.05) is 18.9 Å². The molecule has 1 heterocycles. The summed E-state index contributed by atoms with van der Waals surface area (Å²) in [5.74, 6) is 0.700. The molecule has 4 heteroatoms. The van der Waals surface area contributed by atoms with E-state index in [4.69, 9.17) is 5.73 Å². The number of nitrogens with two attached hydrogens (primary N) is 1. The third-order valence-electron chi connectivity index (χ3n) is 3.65. The van der Waals surface area contributed by atoms with Crippen molar-refractivity contribution in [2.24, 2.45) is 10.7 Å². The number of nitrogens with zero attached hydrogens (tertiary/aromatic N) is 2. The zero-order valence-electron chi connectivity index (χ0n) is 9.69. The molecule has 0 spiro atoms. The Bertz CT molecular complexity index is 464. The van der Waals surface area contributed by atoms with Gasteiger partial charge in [-0.05, 0) is 53.1 Å². The Morgan fingerprint density at radius 1 is 1.29 bits per heavy atom. The van der Waals surface area contributed by atoms with Gasteiger partial charge in [-0.2, -0.15) is 0 Å². The van der Waals surface area contributed by atoms with E-state index in [2.05, 4.69) is 50.7 Å². The highest BCUT2D eigenvalue weighted by atomic mass is 127. The number of aliphatic imine (C=N–C) groups is 1. The van der Waals surface area contributed by atoms with Crippen molar-refractivity contribution < 1.29 is 0 Å². The molecule has 1 fully saturated rings. The predicted molar refractivity (Wildman–Crippen MR) is 79.2 cm³/mol. The number of anilines is 1. The number of benzene rings is 1.